The molecule has 4 aromatic rings. The lowest BCUT2D eigenvalue weighted by Gasteiger charge is -2.37. The quantitative estimate of drug-likeness (QED) is 0.456. The molecule has 0 spiro atoms. The summed E-state index contributed by atoms with van der Waals surface area (Å²) in [6.45, 7) is 7.84. The summed E-state index contributed by atoms with van der Waals surface area (Å²) in [6, 6.07) is 18.6. The number of rotatable bonds is 4. The molecule has 1 aromatic heterocycles. The van der Waals surface area contributed by atoms with Crippen LogP contribution in [-0.2, 0) is 6.54 Å². The number of aryl methyl sites for hydroxylation is 1. The Morgan fingerprint density at radius 2 is 1.73 bits per heavy atom. The van der Waals surface area contributed by atoms with E-state index < -0.39 is 0 Å². The number of hydrogen-bond acceptors (Lipinski definition) is 3. The number of hydrogen-bond donors (Lipinski definition) is 0. The summed E-state index contributed by atoms with van der Waals surface area (Å²) in [7, 11) is 0. The van der Waals surface area contributed by atoms with Crippen molar-refractivity contribution in [1.82, 2.24) is 14.7 Å². The topological polar surface area (TPSA) is 41.4 Å². The van der Waals surface area contributed by atoms with Gasteiger partial charge in [0.25, 0.3) is 5.91 Å². The molecule has 0 atom stereocenters. The molecule has 0 bridgehead atoms. The molecule has 1 fully saturated rings. The van der Waals surface area contributed by atoms with Gasteiger partial charge in [-0.2, -0.15) is 5.10 Å². The Morgan fingerprint density at radius 1 is 0.970 bits per heavy atom. The van der Waals surface area contributed by atoms with Crippen molar-refractivity contribution in [3.63, 3.8) is 0 Å². The van der Waals surface area contributed by atoms with E-state index in [0.29, 0.717) is 25.2 Å². The molecule has 1 amide bonds. The van der Waals surface area contributed by atoms with Crippen LogP contribution in [0.3, 0.4) is 0 Å². The standard InChI is InChI=1S/C27H27FN4O/c1-19-4-3-5-25(20(19)2)30-12-14-31(15-13-30)27(33)22-8-9-23-17-29-32(26(23)16-22)18-21-6-10-24(28)11-7-21/h3-11,16-17H,12-15,18H2,1-2H3. The Balaban J connectivity index is 1.31. The molecule has 6 heteroatoms. The second-order valence-electron chi connectivity index (χ2n) is 8.70. The van der Waals surface area contributed by atoms with E-state index in [1.54, 1.807) is 18.3 Å². The van der Waals surface area contributed by atoms with Crippen molar-refractivity contribution in [2.75, 3.05) is 31.1 Å². The van der Waals surface area contributed by atoms with E-state index in [-0.39, 0.29) is 11.7 Å². The van der Waals surface area contributed by atoms with Crippen molar-refractivity contribution in [3.8, 4) is 0 Å². The number of benzene rings is 3. The fourth-order valence-corrected chi connectivity index (χ4v) is 4.50. The average Bonchev–Trinajstić information content (AvgIpc) is 3.24. The van der Waals surface area contributed by atoms with E-state index in [2.05, 4.69) is 42.0 Å². The van der Waals surface area contributed by atoms with Crippen LogP contribution in [0.25, 0.3) is 10.9 Å². The molecule has 0 aliphatic carbocycles. The first kappa shape index (κ1) is 21.2. The Kier molecular flexibility index (Phi) is 5.58. The number of fused-ring (bicyclic) bond motifs is 1. The van der Waals surface area contributed by atoms with Crippen molar-refractivity contribution < 1.29 is 9.18 Å². The van der Waals surface area contributed by atoms with Gasteiger partial charge in [0.2, 0.25) is 0 Å². The second kappa shape index (κ2) is 8.70. The van der Waals surface area contributed by atoms with E-state index in [4.69, 9.17) is 0 Å². The molecule has 1 aliphatic heterocycles. The van der Waals surface area contributed by atoms with Gasteiger partial charge in [0.1, 0.15) is 5.82 Å². The van der Waals surface area contributed by atoms with Crippen LogP contribution in [0.1, 0.15) is 27.0 Å². The Labute approximate surface area is 193 Å². The molecule has 0 radical (unpaired) electrons. The summed E-state index contributed by atoms with van der Waals surface area (Å²) >= 11 is 0. The molecular formula is C27H27FN4O. The zero-order valence-electron chi connectivity index (χ0n) is 19.0. The molecule has 5 nitrogen and oxygen atoms in total. The number of anilines is 1. The minimum absolute atomic E-state index is 0.0482. The molecule has 5 rings (SSSR count). The van der Waals surface area contributed by atoms with Gasteiger partial charge >= 0.3 is 0 Å². The highest BCUT2D eigenvalue weighted by Gasteiger charge is 2.23. The van der Waals surface area contributed by atoms with Crippen LogP contribution in [-0.4, -0.2) is 46.8 Å². The van der Waals surface area contributed by atoms with Gasteiger partial charge in [-0.05, 0) is 60.9 Å². The third-order valence-corrected chi connectivity index (χ3v) is 6.62. The number of halogens is 1. The fourth-order valence-electron chi connectivity index (χ4n) is 4.50. The van der Waals surface area contributed by atoms with Gasteiger partial charge in [-0.3, -0.25) is 9.48 Å². The van der Waals surface area contributed by atoms with E-state index in [0.717, 1.165) is 29.6 Å². The van der Waals surface area contributed by atoms with Crippen LogP contribution in [0.15, 0.2) is 66.9 Å². The number of amides is 1. The molecule has 3 aromatic carbocycles. The number of nitrogens with zero attached hydrogens (tertiary/aromatic N) is 4. The van der Waals surface area contributed by atoms with Crippen LogP contribution < -0.4 is 4.90 Å². The Hall–Kier alpha value is -3.67. The largest absolute Gasteiger partial charge is 0.368 e. The maximum atomic E-state index is 13.3. The summed E-state index contributed by atoms with van der Waals surface area (Å²) in [5, 5.41) is 5.46. The molecule has 168 valence electrons. The minimum atomic E-state index is -0.255. The molecule has 1 saturated heterocycles. The lowest BCUT2D eigenvalue weighted by Crippen LogP contribution is -2.49. The van der Waals surface area contributed by atoms with Gasteiger partial charge in [0.05, 0.1) is 18.3 Å². The van der Waals surface area contributed by atoms with E-state index in [9.17, 15) is 9.18 Å². The van der Waals surface area contributed by atoms with Crippen LogP contribution >= 0.6 is 0 Å². The van der Waals surface area contributed by atoms with Gasteiger partial charge in [-0.15, -0.1) is 0 Å². The normalized spacial score (nSPS) is 14.2. The SMILES string of the molecule is Cc1cccc(N2CCN(C(=O)c3ccc4cnn(Cc5ccc(F)cc5)c4c3)CC2)c1C. The molecule has 2 heterocycles. The van der Waals surface area contributed by atoms with Gasteiger partial charge < -0.3 is 9.80 Å². The number of carbonyl (C=O) groups is 1. The molecule has 0 saturated carbocycles. The van der Waals surface area contributed by atoms with Crippen molar-refractivity contribution in [2.24, 2.45) is 0 Å². The molecule has 1 aliphatic rings. The molecule has 0 unspecified atom stereocenters. The minimum Gasteiger partial charge on any atom is -0.368 e. The van der Waals surface area contributed by atoms with Crippen molar-refractivity contribution in [1.29, 1.82) is 0 Å². The Morgan fingerprint density at radius 3 is 2.48 bits per heavy atom. The molecule has 33 heavy (non-hydrogen) atoms. The monoisotopic (exact) mass is 442 g/mol. The fraction of sp³-hybridized carbons (Fsp3) is 0.259. The second-order valence-corrected chi connectivity index (χ2v) is 8.70. The van der Waals surface area contributed by atoms with Crippen LogP contribution in [0, 0.1) is 19.7 Å². The molecular weight excluding hydrogens is 415 g/mol. The Bertz CT molecular complexity index is 1300. The maximum Gasteiger partial charge on any atom is 0.254 e. The predicted octanol–water partition coefficient (Wildman–Crippen LogP) is 4.80. The van der Waals surface area contributed by atoms with Crippen LogP contribution in [0.4, 0.5) is 10.1 Å². The van der Waals surface area contributed by atoms with Gasteiger partial charge in [-0.1, -0.05) is 30.3 Å². The first-order valence-electron chi connectivity index (χ1n) is 11.3. The van der Waals surface area contributed by atoms with Crippen molar-refractivity contribution >= 4 is 22.5 Å². The van der Waals surface area contributed by atoms with Gasteiger partial charge in [-0.25, -0.2) is 4.39 Å². The first-order chi connectivity index (χ1) is 16.0. The maximum absolute atomic E-state index is 13.3. The third kappa shape index (κ3) is 4.21. The smallest absolute Gasteiger partial charge is 0.254 e. The average molecular weight is 443 g/mol. The van der Waals surface area contributed by atoms with Crippen LogP contribution in [0.5, 0.6) is 0 Å². The van der Waals surface area contributed by atoms with E-state index >= 15 is 0 Å². The third-order valence-electron chi connectivity index (χ3n) is 6.62. The van der Waals surface area contributed by atoms with E-state index in [1.807, 2.05) is 27.8 Å². The lowest BCUT2D eigenvalue weighted by atomic mass is 10.1. The van der Waals surface area contributed by atoms with Gasteiger partial charge in [0, 0.05) is 42.8 Å². The summed E-state index contributed by atoms with van der Waals surface area (Å²) in [5.74, 6) is -0.207. The summed E-state index contributed by atoms with van der Waals surface area (Å²) in [4.78, 5) is 17.6. The first-order valence-corrected chi connectivity index (χ1v) is 11.3. The number of piperazine rings is 1. The van der Waals surface area contributed by atoms with Crippen LogP contribution in [0.2, 0.25) is 0 Å². The highest BCUT2D eigenvalue weighted by atomic mass is 19.1. The predicted molar refractivity (Wildman–Crippen MR) is 129 cm³/mol. The van der Waals surface area contributed by atoms with Gasteiger partial charge in [0.15, 0.2) is 0 Å². The van der Waals surface area contributed by atoms with E-state index in [1.165, 1.54) is 28.9 Å². The highest BCUT2D eigenvalue weighted by Crippen LogP contribution is 2.25. The summed E-state index contributed by atoms with van der Waals surface area (Å²) in [6.07, 6.45) is 1.80. The van der Waals surface area contributed by atoms with Crippen molar-refractivity contribution in [3.05, 3.63) is 94.9 Å². The molecule has 0 N–H and O–H groups in total. The number of aromatic nitrogens is 2. The van der Waals surface area contributed by atoms with Crippen molar-refractivity contribution in [2.45, 2.75) is 20.4 Å². The zero-order chi connectivity index (χ0) is 22.9. The number of carbonyl (C=O) groups excluding carboxylic acids is 1. The summed E-state index contributed by atoms with van der Waals surface area (Å²) in [5.41, 5.74) is 6.38. The summed E-state index contributed by atoms with van der Waals surface area (Å²) < 4.78 is 15.1. The lowest BCUT2D eigenvalue weighted by molar-refractivity contribution is 0.0747. The zero-order valence-corrected chi connectivity index (χ0v) is 19.0. The highest BCUT2D eigenvalue weighted by molar-refractivity contribution is 5.98.